The fraction of sp³-hybridized carbons (Fsp3) is 0.113. The van der Waals surface area contributed by atoms with Gasteiger partial charge in [-0.1, -0.05) is 143 Å². The molecule has 3 heterocycles. The molecule has 10 rings (SSSR count). The summed E-state index contributed by atoms with van der Waals surface area (Å²) in [5.41, 5.74) is 13.2. The molecular formula is C53H43N7. The van der Waals surface area contributed by atoms with Crippen molar-refractivity contribution >= 4 is 22.1 Å². The van der Waals surface area contributed by atoms with E-state index in [4.69, 9.17) is 24.9 Å². The fourth-order valence-electron chi connectivity index (χ4n) is 7.95. The highest BCUT2D eigenvalue weighted by Gasteiger charge is 2.20. The molecule has 0 N–H and O–H groups in total. The smallest absolute Gasteiger partial charge is 0.164 e. The minimum atomic E-state index is 0.396. The van der Waals surface area contributed by atoms with Crippen LogP contribution in [0.15, 0.2) is 176 Å². The first kappa shape index (κ1) is 36.8. The van der Waals surface area contributed by atoms with E-state index in [1.807, 2.05) is 42.5 Å². The van der Waals surface area contributed by atoms with Crippen LogP contribution in [0.1, 0.15) is 50.7 Å². The van der Waals surface area contributed by atoms with Gasteiger partial charge in [-0.05, 0) is 83.6 Å². The maximum atomic E-state index is 5.20. The Kier molecular flexibility index (Phi) is 9.41. The molecule has 10 aromatic rings. The van der Waals surface area contributed by atoms with Crippen molar-refractivity contribution in [2.24, 2.45) is 0 Å². The molecule has 290 valence electrons. The third kappa shape index (κ3) is 6.84. The Morgan fingerprint density at radius 2 is 0.717 bits per heavy atom. The van der Waals surface area contributed by atoms with Crippen LogP contribution < -0.4 is 0 Å². The lowest BCUT2D eigenvalue weighted by molar-refractivity contribution is 0.863. The lowest BCUT2D eigenvalue weighted by Gasteiger charge is -2.14. The number of nitrogens with zero attached hydrogens (tertiary/aromatic N) is 7. The van der Waals surface area contributed by atoms with Gasteiger partial charge in [-0.3, -0.25) is 9.13 Å². The number of hydrogen-bond acceptors (Lipinski definition) is 5. The number of para-hydroxylation sites is 4. The van der Waals surface area contributed by atoms with E-state index in [0.29, 0.717) is 29.3 Å². The lowest BCUT2D eigenvalue weighted by Crippen LogP contribution is -2.02. The summed E-state index contributed by atoms with van der Waals surface area (Å²) in [6, 6.07) is 61.0. The predicted molar refractivity (Wildman–Crippen MR) is 244 cm³/mol. The van der Waals surface area contributed by atoms with Crippen molar-refractivity contribution in [1.29, 1.82) is 0 Å². The van der Waals surface area contributed by atoms with Crippen LogP contribution in [-0.2, 0) is 0 Å². The molecule has 0 aliphatic heterocycles. The van der Waals surface area contributed by atoms with Crippen molar-refractivity contribution in [3.8, 4) is 68.3 Å². The van der Waals surface area contributed by atoms with E-state index >= 15 is 0 Å². The number of imidazole rings is 2. The second kappa shape index (κ2) is 15.3. The molecule has 3 aromatic heterocycles. The molecule has 0 aliphatic carbocycles. The van der Waals surface area contributed by atoms with Gasteiger partial charge in [0, 0.05) is 39.2 Å². The standard InChI is InChI=1S/C53H43N7/c1-34(2)37-18-14-24-43(32-37)59-47-28-10-8-26-45(47)54-52(59)41-22-12-20-39(30-41)50-56-49(36-16-6-5-7-17-36)57-51(58-50)40-21-13-23-42(31-40)53-55-46-27-9-11-29-48(46)60(53)44-25-15-19-38(33-44)35(3)4/h5-35H,1-4H3. The van der Waals surface area contributed by atoms with Gasteiger partial charge in [0.25, 0.3) is 0 Å². The molecule has 7 nitrogen and oxygen atoms in total. The summed E-state index contributed by atoms with van der Waals surface area (Å²) in [4.78, 5) is 25.8. The normalized spacial score (nSPS) is 11.6. The highest BCUT2D eigenvalue weighted by Crippen LogP contribution is 2.35. The van der Waals surface area contributed by atoms with Gasteiger partial charge in [-0.15, -0.1) is 0 Å². The average molecular weight is 778 g/mol. The van der Waals surface area contributed by atoms with E-state index < -0.39 is 0 Å². The quantitative estimate of drug-likeness (QED) is 0.146. The van der Waals surface area contributed by atoms with Crippen LogP contribution in [0.3, 0.4) is 0 Å². The largest absolute Gasteiger partial charge is 0.292 e. The second-order valence-corrected chi connectivity index (χ2v) is 15.9. The van der Waals surface area contributed by atoms with Crippen molar-refractivity contribution in [3.05, 3.63) is 187 Å². The zero-order valence-electron chi connectivity index (χ0n) is 34.0. The van der Waals surface area contributed by atoms with E-state index in [2.05, 4.69) is 170 Å². The zero-order chi connectivity index (χ0) is 40.7. The van der Waals surface area contributed by atoms with Crippen LogP contribution in [0.2, 0.25) is 0 Å². The summed E-state index contributed by atoms with van der Waals surface area (Å²) in [6.45, 7) is 8.90. The van der Waals surface area contributed by atoms with Crippen molar-refractivity contribution < 1.29 is 0 Å². The Bertz CT molecular complexity index is 2980. The molecule has 0 fully saturated rings. The van der Waals surface area contributed by atoms with Crippen LogP contribution in [0, 0.1) is 0 Å². The molecule has 0 atom stereocenters. The molecular weight excluding hydrogens is 735 g/mol. The first-order chi connectivity index (χ1) is 29.4. The number of benzene rings is 7. The lowest BCUT2D eigenvalue weighted by atomic mass is 10.0. The number of fused-ring (bicyclic) bond motifs is 2. The molecule has 0 saturated carbocycles. The maximum Gasteiger partial charge on any atom is 0.164 e. The van der Waals surface area contributed by atoms with Gasteiger partial charge >= 0.3 is 0 Å². The first-order valence-electron chi connectivity index (χ1n) is 20.6. The zero-order valence-corrected chi connectivity index (χ0v) is 34.0. The minimum Gasteiger partial charge on any atom is -0.292 e. The van der Waals surface area contributed by atoms with E-state index in [1.54, 1.807) is 0 Å². The molecule has 0 radical (unpaired) electrons. The minimum absolute atomic E-state index is 0.396. The van der Waals surface area contributed by atoms with Crippen LogP contribution in [0.25, 0.3) is 90.4 Å². The summed E-state index contributed by atoms with van der Waals surface area (Å²) < 4.78 is 4.51. The third-order valence-corrected chi connectivity index (χ3v) is 11.1. The molecule has 0 spiro atoms. The van der Waals surface area contributed by atoms with Gasteiger partial charge < -0.3 is 0 Å². The highest BCUT2D eigenvalue weighted by molar-refractivity contribution is 5.86. The summed E-state index contributed by atoms with van der Waals surface area (Å²) >= 11 is 0. The highest BCUT2D eigenvalue weighted by atomic mass is 15.1. The second-order valence-electron chi connectivity index (χ2n) is 15.9. The SMILES string of the molecule is CC(C)c1cccc(-n2c(-c3cccc(-c4nc(-c5ccccc5)nc(-c5cccc(-c6nc7ccccc7n6-c6cccc(C(C)C)c6)c5)n4)c3)nc3ccccc32)c1. The third-order valence-electron chi connectivity index (χ3n) is 11.1. The number of aromatic nitrogens is 7. The van der Waals surface area contributed by atoms with Gasteiger partial charge in [0.2, 0.25) is 0 Å². The van der Waals surface area contributed by atoms with E-state index in [9.17, 15) is 0 Å². The van der Waals surface area contributed by atoms with Gasteiger partial charge in [0.05, 0.1) is 22.1 Å². The molecule has 0 unspecified atom stereocenters. The van der Waals surface area contributed by atoms with Crippen LogP contribution in [0.4, 0.5) is 0 Å². The topological polar surface area (TPSA) is 74.3 Å². The number of hydrogen-bond donors (Lipinski definition) is 0. The summed E-state index contributed by atoms with van der Waals surface area (Å²) in [6.07, 6.45) is 0. The summed E-state index contributed by atoms with van der Waals surface area (Å²) in [5, 5.41) is 0. The Balaban J connectivity index is 1.11. The van der Waals surface area contributed by atoms with Crippen LogP contribution >= 0.6 is 0 Å². The molecule has 0 bridgehead atoms. The van der Waals surface area contributed by atoms with E-state index in [0.717, 1.165) is 72.9 Å². The summed E-state index contributed by atoms with van der Waals surface area (Å²) in [5.74, 6) is 4.25. The first-order valence-corrected chi connectivity index (χ1v) is 20.6. The fourth-order valence-corrected chi connectivity index (χ4v) is 7.95. The molecule has 0 aliphatic rings. The Labute approximate surface area is 349 Å². The molecule has 7 heteroatoms. The van der Waals surface area contributed by atoms with Crippen molar-refractivity contribution in [1.82, 2.24) is 34.1 Å². The van der Waals surface area contributed by atoms with Crippen molar-refractivity contribution in [2.75, 3.05) is 0 Å². The van der Waals surface area contributed by atoms with Crippen molar-refractivity contribution in [2.45, 2.75) is 39.5 Å². The predicted octanol–water partition coefficient (Wildman–Crippen LogP) is 13.1. The molecule has 0 amide bonds. The van der Waals surface area contributed by atoms with Crippen molar-refractivity contribution in [3.63, 3.8) is 0 Å². The molecule has 60 heavy (non-hydrogen) atoms. The molecule has 0 saturated heterocycles. The Morgan fingerprint density at radius 3 is 1.18 bits per heavy atom. The summed E-state index contributed by atoms with van der Waals surface area (Å²) in [7, 11) is 0. The van der Waals surface area contributed by atoms with E-state index in [-0.39, 0.29) is 0 Å². The van der Waals surface area contributed by atoms with Crippen LogP contribution in [0.5, 0.6) is 0 Å². The van der Waals surface area contributed by atoms with Gasteiger partial charge in [0.15, 0.2) is 17.5 Å². The molecule has 7 aromatic carbocycles. The van der Waals surface area contributed by atoms with Gasteiger partial charge in [0.1, 0.15) is 11.6 Å². The van der Waals surface area contributed by atoms with Crippen LogP contribution in [-0.4, -0.2) is 34.1 Å². The average Bonchev–Trinajstić information content (AvgIpc) is 3.89. The Hall–Kier alpha value is -7.51. The van der Waals surface area contributed by atoms with E-state index in [1.165, 1.54) is 11.1 Å². The van der Waals surface area contributed by atoms with Gasteiger partial charge in [-0.25, -0.2) is 24.9 Å². The maximum absolute atomic E-state index is 5.20. The Morgan fingerprint density at radius 1 is 0.333 bits per heavy atom. The van der Waals surface area contributed by atoms with Gasteiger partial charge in [-0.2, -0.15) is 0 Å². The monoisotopic (exact) mass is 777 g/mol. The number of rotatable bonds is 9.